The average molecular weight is 471 g/mol. The molecule has 0 aliphatic rings. The third kappa shape index (κ3) is 6.74. The molecule has 0 heterocycles. The minimum Gasteiger partial charge on any atom is -0.484 e. The van der Waals surface area contributed by atoms with E-state index in [2.05, 4.69) is 5.32 Å². The number of likely N-dealkylation sites (N-methyl/N-ethyl adjacent to an activating group) is 1. The topological polar surface area (TPSA) is 58.6 Å². The van der Waals surface area contributed by atoms with Crippen molar-refractivity contribution in [2.24, 2.45) is 0 Å². The first-order valence-electron chi connectivity index (χ1n) is 10.1. The monoisotopic (exact) mass is 470 g/mol. The molecule has 0 aliphatic carbocycles. The molecule has 1 atom stereocenters. The molecule has 1 N–H and O–H groups in total. The van der Waals surface area contributed by atoms with Gasteiger partial charge in [0.2, 0.25) is 5.91 Å². The summed E-state index contributed by atoms with van der Waals surface area (Å²) in [7, 11) is 1.56. The molecule has 166 valence electrons. The normalized spacial score (nSPS) is 11.5. The fraction of sp³-hybridized carbons (Fsp3) is 0.200. The highest BCUT2D eigenvalue weighted by Gasteiger charge is 2.30. The quantitative estimate of drug-likeness (QED) is 0.490. The predicted octanol–water partition coefficient (Wildman–Crippen LogP) is 4.76. The molecule has 0 spiro atoms. The maximum atomic E-state index is 13.3. The lowest BCUT2D eigenvalue weighted by atomic mass is 10.0. The Balaban J connectivity index is 1.86. The molecule has 0 saturated heterocycles. The first-order valence-corrected chi connectivity index (χ1v) is 10.9. The number of halogens is 2. The second-order valence-corrected chi connectivity index (χ2v) is 8.09. The summed E-state index contributed by atoms with van der Waals surface area (Å²) in [5.41, 5.74) is 1.77. The van der Waals surface area contributed by atoms with Crippen molar-refractivity contribution in [2.75, 3.05) is 13.7 Å². The van der Waals surface area contributed by atoms with Crippen molar-refractivity contribution in [1.29, 1.82) is 0 Å². The third-order valence-corrected chi connectivity index (χ3v) is 5.42. The van der Waals surface area contributed by atoms with E-state index in [0.717, 1.165) is 11.1 Å². The first-order chi connectivity index (χ1) is 15.5. The van der Waals surface area contributed by atoms with Crippen LogP contribution in [0.5, 0.6) is 5.75 Å². The molecule has 3 aromatic rings. The maximum Gasteiger partial charge on any atom is 0.261 e. The van der Waals surface area contributed by atoms with Crippen LogP contribution in [0.1, 0.15) is 11.1 Å². The van der Waals surface area contributed by atoms with Gasteiger partial charge in [-0.25, -0.2) is 0 Å². The predicted molar refractivity (Wildman–Crippen MR) is 127 cm³/mol. The summed E-state index contributed by atoms with van der Waals surface area (Å²) in [6.07, 6.45) is 0.369. The van der Waals surface area contributed by atoms with Gasteiger partial charge in [-0.2, -0.15) is 0 Å². The Kier molecular flexibility index (Phi) is 8.54. The van der Waals surface area contributed by atoms with E-state index in [0.29, 0.717) is 22.2 Å². The number of hydrogen-bond donors (Lipinski definition) is 1. The number of nitrogens with one attached hydrogen (secondary N) is 1. The van der Waals surface area contributed by atoms with Crippen LogP contribution in [0.4, 0.5) is 0 Å². The lowest BCUT2D eigenvalue weighted by Gasteiger charge is -2.31. The zero-order chi connectivity index (χ0) is 22.9. The molecular formula is C25H24Cl2N2O3. The van der Waals surface area contributed by atoms with Gasteiger partial charge < -0.3 is 15.0 Å². The summed E-state index contributed by atoms with van der Waals surface area (Å²) in [6, 6.07) is 22.9. The number of amides is 2. The molecule has 7 heteroatoms. The SMILES string of the molecule is CNC(=O)[C@H](Cc1ccccc1)N(Cc1cccc(Cl)c1)C(=O)COc1ccc(Cl)cc1. The van der Waals surface area contributed by atoms with Gasteiger partial charge in [-0.3, -0.25) is 9.59 Å². The van der Waals surface area contributed by atoms with Crippen molar-refractivity contribution in [2.45, 2.75) is 19.0 Å². The highest BCUT2D eigenvalue weighted by molar-refractivity contribution is 6.30. The molecule has 0 aromatic heterocycles. The zero-order valence-electron chi connectivity index (χ0n) is 17.6. The van der Waals surface area contributed by atoms with Crippen LogP contribution in [-0.2, 0) is 22.6 Å². The molecule has 3 aromatic carbocycles. The molecule has 0 bridgehead atoms. The average Bonchev–Trinajstić information content (AvgIpc) is 2.81. The molecule has 0 radical (unpaired) electrons. The Bertz CT molecular complexity index is 1040. The van der Waals surface area contributed by atoms with Crippen LogP contribution in [0.25, 0.3) is 0 Å². The number of benzene rings is 3. The van der Waals surface area contributed by atoms with E-state index in [-0.39, 0.29) is 25.0 Å². The highest BCUT2D eigenvalue weighted by atomic mass is 35.5. The zero-order valence-corrected chi connectivity index (χ0v) is 19.1. The summed E-state index contributed by atoms with van der Waals surface area (Å²) in [5, 5.41) is 3.82. The van der Waals surface area contributed by atoms with Gasteiger partial charge in [0.1, 0.15) is 11.8 Å². The molecule has 0 saturated carbocycles. The van der Waals surface area contributed by atoms with Gasteiger partial charge in [-0.15, -0.1) is 0 Å². The Labute approximate surface area is 197 Å². The largest absolute Gasteiger partial charge is 0.484 e. The third-order valence-electron chi connectivity index (χ3n) is 4.94. The standard InChI is InChI=1S/C25H24Cl2N2O3/c1-28-25(31)23(15-18-6-3-2-4-7-18)29(16-19-8-5-9-21(27)14-19)24(30)17-32-22-12-10-20(26)11-13-22/h2-14,23H,15-17H2,1H3,(H,28,31)/t23-/m0/s1. The van der Waals surface area contributed by atoms with Gasteiger partial charge in [0.05, 0.1) is 0 Å². The van der Waals surface area contributed by atoms with Crippen molar-refractivity contribution < 1.29 is 14.3 Å². The smallest absolute Gasteiger partial charge is 0.261 e. The van der Waals surface area contributed by atoms with Crippen LogP contribution >= 0.6 is 23.2 Å². The van der Waals surface area contributed by atoms with Gasteiger partial charge in [0.25, 0.3) is 5.91 Å². The minimum absolute atomic E-state index is 0.217. The fourth-order valence-corrected chi connectivity index (χ4v) is 3.65. The Morgan fingerprint density at radius 2 is 1.59 bits per heavy atom. The number of carbonyl (C=O) groups is 2. The molecule has 3 rings (SSSR count). The summed E-state index contributed by atoms with van der Waals surface area (Å²) >= 11 is 12.1. The van der Waals surface area contributed by atoms with Crippen molar-refractivity contribution in [3.05, 3.63) is 100 Å². The molecule has 0 unspecified atom stereocenters. The van der Waals surface area contributed by atoms with Crippen LogP contribution < -0.4 is 10.1 Å². The van der Waals surface area contributed by atoms with Crippen LogP contribution in [-0.4, -0.2) is 36.4 Å². The van der Waals surface area contributed by atoms with Gasteiger partial charge in [-0.05, 0) is 47.5 Å². The van der Waals surface area contributed by atoms with Gasteiger partial charge in [0, 0.05) is 30.1 Å². The lowest BCUT2D eigenvalue weighted by molar-refractivity contribution is -0.142. The molecule has 0 fully saturated rings. The molecule has 0 aliphatic heterocycles. The second kappa shape index (κ2) is 11.6. The maximum absolute atomic E-state index is 13.3. The Hall–Kier alpha value is -3.02. The number of ether oxygens (including phenoxy) is 1. The van der Waals surface area contributed by atoms with Crippen LogP contribution in [0.2, 0.25) is 10.0 Å². The number of rotatable bonds is 9. The van der Waals surface area contributed by atoms with Crippen molar-refractivity contribution in [1.82, 2.24) is 10.2 Å². The van der Waals surface area contributed by atoms with E-state index in [4.69, 9.17) is 27.9 Å². The molecule has 32 heavy (non-hydrogen) atoms. The van der Waals surface area contributed by atoms with Crippen LogP contribution in [0, 0.1) is 0 Å². The second-order valence-electron chi connectivity index (χ2n) is 7.21. The summed E-state index contributed by atoms with van der Waals surface area (Å²) in [4.78, 5) is 27.7. The Morgan fingerprint density at radius 3 is 2.25 bits per heavy atom. The molecule has 5 nitrogen and oxygen atoms in total. The van der Waals surface area contributed by atoms with Crippen molar-refractivity contribution in [3.63, 3.8) is 0 Å². The van der Waals surface area contributed by atoms with E-state index < -0.39 is 6.04 Å². The lowest BCUT2D eigenvalue weighted by Crippen LogP contribution is -2.51. The highest BCUT2D eigenvalue weighted by Crippen LogP contribution is 2.19. The molecule has 2 amide bonds. The first kappa shape index (κ1) is 23.6. The fourth-order valence-electron chi connectivity index (χ4n) is 3.31. The summed E-state index contributed by atoms with van der Waals surface area (Å²) in [5.74, 6) is -0.0508. The van der Waals surface area contributed by atoms with E-state index in [1.165, 1.54) is 4.90 Å². The van der Waals surface area contributed by atoms with Crippen LogP contribution in [0.15, 0.2) is 78.9 Å². The van der Waals surface area contributed by atoms with E-state index in [1.54, 1.807) is 43.4 Å². The van der Waals surface area contributed by atoms with Crippen LogP contribution in [0.3, 0.4) is 0 Å². The molecular weight excluding hydrogens is 447 g/mol. The number of hydrogen-bond acceptors (Lipinski definition) is 3. The summed E-state index contributed by atoms with van der Waals surface area (Å²) in [6.45, 7) is -0.00122. The number of carbonyl (C=O) groups excluding carboxylic acids is 2. The Morgan fingerprint density at radius 1 is 0.906 bits per heavy atom. The van der Waals surface area contributed by atoms with Gasteiger partial charge >= 0.3 is 0 Å². The minimum atomic E-state index is -0.720. The summed E-state index contributed by atoms with van der Waals surface area (Å²) < 4.78 is 5.67. The van der Waals surface area contributed by atoms with Gasteiger partial charge in [0.15, 0.2) is 6.61 Å². The van der Waals surface area contributed by atoms with E-state index in [1.807, 2.05) is 42.5 Å². The number of nitrogens with zero attached hydrogens (tertiary/aromatic N) is 1. The van der Waals surface area contributed by atoms with Gasteiger partial charge in [-0.1, -0.05) is 65.7 Å². The van der Waals surface area contributed by atoms with E-state index in [9.17, 15) is 9.59 Å². The van der Waals surface area contributed by atoms with Crippen molar-refractivity contribution in [3.8, 4) is 5.75 Å². The van der Waals surface area contributed by atoms with E-state index >= 15 is 0 Å². The van der Waals surface area contributed by atoms with Crippen molar-refractivity contribution >= 4 is 35.0 Å².